The SMILES string of the molecule is O=C(O)c1ccccc1C1CCN(C(=O)NC[C@@H]2C[C@H]2C2CC2)CC1. The molecule has 2 N–H and O–H groups in total. The maximum absolute atomic E-state index is 12.4. The highest BCUT2D eigenvalue weighted by atomic mass is 16.4. The van der Waals surface area contributed by atoms with Gasteiger partial charge in [0.25, 0.3) is 0 Å². The Balaban J connectivity index is 1.26. The average molecular weight is 342 g/mol. The van der Waals surface area contributed by atoms with Crippen LogP contribution >= 0.6 is 0 Å². The molecule has 2 amide bonds. The molecular weight excluding hydrogens is 316 g/mol. The summed E-state index contributed by atoms with van der Waals surface area (Å²) in [6.45, 7) is 2.21. The molecule has 0 aromatic heterocycles. The fourth-order valence-electron chi connectivity index (χ4n) is 4.38. The largest absolute Gasteiger partial charge is 0.478 e. The van der Waals surface area contributed by atoms with Gasteiger partial charge in [-0.05, 0) is 67.4 Å². The molecule has 5 nitrogen and oxygen atoms in total. The summed E-state index contributed by atoms with van der Waals surface area (Å²) in [5.74, 6) is 1.88. The second-order valence-electron chi connectivity index (χ2n) is 7.84. The zero-order valence-electron chi connectivity index (χ0n) is 14.5. The molecule has 0 bridgehead atoms. The molecule has 0 radical (unpaired) electrons. The third-order valence-corrected chi connectivity index (χ3v) is 6.13. The van der Waals surface area contributed by atoms with Crippen LogP contribution in [0.3, 0.4) is 0 Å². The third kappa shape index (κ3) is 3.65. The number of carbonyl (C=O) groups is 2. The molecule has 0 unspecified atom stereocenters. The second kappa shape index (κ2) is 6.70. The van der Waals surface area contributed by atoms with Crippen LogP contribution in [0.1, 0.15) is 53.9 Å². The summed E-state index contributed by atoms with van der Waals surface area (Å²) < 4.78 is 0. The number of urea groups is 1. The Hall–Kier alpha value is -2.04. The summed E-state index contributed by atoms with van der Waals surface area (Å²) in [6.07, 6.45) is 5.72. The molecule has 1 aromatic carbocycles. The van der Waals surface area contributed by atoms with Gasteiger partial charge in [-0.25, -0.2) is 9.59 Å². The minimum absolute atomic E-state index is 0.0476. The number of rotatable bonds is 5. The lowest BCUT2D eigenvalue weighted by molar-refractivity contribution is 0.0694. The van der Waals surface area contributed by atoms with Gasteiger partial charge in [-0.2, -0.15) is 0 Å². The molecule has 4 rings (SSSR count). The molecule has 25 heavy (non-hydrogen) atoms. The topological polar surface area (TPSA) is 69.6 Å². The lowest BCUT2D eigenvalue weighted by Crippen LogP contribution is -2.44. The van der Waals surface area contributed by atoms with E-state index < -0.39 is 5.97 Å². The highest BCUT2D eigenvalue weighted by Crippen LogP contribution is 2.53. The molecule has 1 heterocycles. The van der Waals surface area contributed by atoms with E-state index in [0.29, 0.717) is 24.6 Å². The quantitative estimate of drug-likeness (QED) is 0.862. The molecule has 2 atom stereocenters. The highest BCUT2D eigenvalue weighted by Gasteiger charge is 2.47. The first kappa shape index (κ1) is 16.4. The molecule has 3 fully saturated rings. The van der Waals surface area contributed by atoms with Crippen molar-refractivity contribution in [2.45, 2.75) is 38.0 Å². The number of nitrogens with one attached hydrogen (secondary N) is 1. The minimum Gasteiger partial charge on any atom is -0.478 e. The van der Waals surface area contributed by atoms with E-state index in [1.54, 1.807) is 12.1 Å². The van der Waals surface area contributed by atoms with E-state index in [1.807, 2.05) is 17.0 Å². The van der Waals surface area contributed by atoms with Crippen molar-refractivity contribution in [3.63, 3.8) is 0 Å². The summed E-state index contributed by atoms with van der Waals surface area (Å²) in [5.41, 5.74) is 1.30. The van der Waals surface area contributed by atoms with Crippen molar-refractivity contribution >= 4 is 12.0 Å². The molecule has 3 aliphatic rings. The Kier molecular flexibility index (Phi) is 4.40. The van der Waals surface area contributed by atoms with Gasteiger partial charge in [0.05, 0.1) is 5.56 Å². The van der Waals surface area contributed by atoms with Crippen LogP contribution in [-0.2, 0) is 0 Å². The lowest BCUT2D eigenvalue weighted by Gasteiger charge is -2.32. The van der Waals surface area contributed by atoms with E-state index in [0.717, 1.165) is 36.8 Å². The number of likely N-dealkylation sites (tertiary alicyclic amines) is 1. The second-order valence-corrected chi connectivity index (χ2v) is 7.84. The number of hydrogen-bond acceptors (Lipinski definition) is 2. The predicted octanol–water partition coefficient (Wildman–Crippen LogP) is 3.32. The summed E-state index contributed by atoms with van der Waals surface area (Å²) in [4.78, 5) is 25.6. The average Bonchev–Trinajstić information content (AvgIpc) is 3.53. The minimum atomic E-state index is -0.870. The maximum atomic E-state index is 12.4. The van der Waals surface area contributed by atoms with Crippen molar-refractivity contribution < 1.29 is 14.7 Å². The number of piperidine rings is 1. The standard InChI is InChI=1S/C20H26N2O3/c23-19(24)17-4-2-1-3-16(17)14-7-9-22(10-8-14)20(25)21-12-15-11-18(15)13-5-6-13/h1-4,13-15,18H,5-12H2,(H,21,25)(H,23,24)/t15-,18-/m0/s1. The smallest absolute Gasteiger partial charge is 0.335 e. The number of hydrogen-bond donors (Lipinski definition) is 2. The zero-order valence-corrected chi connectivity index (χ0v) is 14.5. The van der Waals surface area contributed by atoms with Gasteiger partial charge in [-0.3, -0.25) is 0 Å². The molecule has 5 heteroatoms. The maximum Gasteiger partial charge on any atom is 0.335 e. The van der Waals surface area contributed by atoms with E-state index in [2.05, 4.69) is 5.32 Å². The molecule has 0 spiro atoms. The number of carbonyl (C=O) groups excluding carboxylic acids is 1. The number of carboxylic acids is 1. The van der Waals surface area contributed by atoms with Gasteiger partial charge < -0.3 is 15.3 Å². The van der Waals surface area contributed by atoms with Gasteiger partial charge in [0.2, 0.25) is 0 Å². The molecular formula is C20H26N2O3. The molecule has 2 aliphatic carbocycles. The normalized spacial score (nSPS) is 26.3. The van der Waals surface area contributed by atoms with Crippen molar-refractivity contribution in [2.24, 2.45) is 17.8 Å². The molecule has 1 aromatic rings. The van der Waals surface area contributed by atoms with E-state index in [4.69, 9.17) is 0 Å². The first-order valence-corrected chi connectivity index (χ1v) is 9.48. The first-order valence-electron chi connectivity index (χ1n) is 9.48. The predicted molar refractivity (Wildman–Crippen MR) is 94.7 cm³/mol. The van der Waals surface area contributed by atoms with Crippen LogP contribution in [0.15, 0.2) is 24.3 Å². The van der Waals surface area contributed by atoms with Gasteiger partial charge >= 0.3 is 12.0 Å². The van der Waals surface area contributed by atoms with E-state index in [1.165, 1.54) is 19.3 Å². The molecule has 2 saturated carbocycles. The fourth-order valence-corrected chi connectivity index (χ4v) is 4.38. The summed E-state index contributed by atoms with van der Waals surface area (Å²) in [7, 11) is 0. The third-order valence-electron chi connectivity index (χ3n) is 6.13. The van der Waals surface area contributed by atoms with Gasteiger partial charge in [-0.1, -0.05) is 18.2 Å². The Labute approximate surface area is 148 Å². The lowest BCUT2D eigenvalue weighted by atomic mass is 9.86. The summed E-state index contributed by atoms with van der Waals surface area (Å²) in [5, 5.41) is 12.5. The number of nitrogens with zero attached hydrogens (tertiary/aromatic N) is 1. The van der Waals surface area contributed by atoms with E-state index >= 15 is 0 Å². The van der Waals surface area contributed by atoms with Crippen LogP contribution in [0.5, 0.6) is 0 Å². The molecule has 134 valence electrons. The Morgan fingerprint density at radius 1 is 1.12 bits per heavy atom. The van der Waals surface area contributed by atoms with Crippen LogP contribution in [0.4, 0.5) is 4.79 Å². The fraction of sp³-hybridized carbons (Fsp3) is 0.600. The van der Waals surface area contributed by atoms with E-state index in [9.17, 15) is 14.7 Å². The van der Waals surface area contributed by atoms with Gasteiger partial charge in [-0.15, -0.1) is 0 Å². The van der Waals surface area contributed by atoms with Crippen LogP contribution in [-0.4, -0.2) is 41.6 Å². The Morgan fingerprint density at radius 2 is 1.84 bits per heavy atom. The highest BCUT2D eigenvalue weighted by molar-refractivity contribution is 5.89. The van der Waals surface area contributed by atoms with Crippen LogP contribution in [0.25, 0.3) is 0 Å². The molecule has 1 saturated heterocycles. The van der Waals surface area contributed by atoms with Crippen molar-refractivity contribution in [1.29, 1.82) is 0 Å². The van der Waals surface area contributed by atoms with Crippen molar-refractivity contribution in [1.82, 2.24) is 10.2 Å². The number of carboxylic acid groups (broad SMARTS) is 1. The van der Waals surface area contributed by atoms with Crippen molar-refractivity contribution in [3.05, 3.63) is 35.4 Å². The van der Waals surface area contributed by atoms with Gasteiger partial charge in [0.15, 0.2) is 0 Å². The number of amides is 2. The van der Waals surface area contributed by atoms with Crippen molar-refractivity contribution in [2.75, 3.05) is 19.6 Å². The van der Waals surface area contributed by atoms with Crippen LogP contribution in [0.2, 0.25) is 0 Å². The summed E-state index contributed by atoms with van der Waals surface area (Å²) in [6, 6.07) is 7.29. The van der Waals surface area contributed by atoms with Gasteiger partial charge in [0, 0.05) is 19.6 Å². The zero-order chi connectivity index (χ0) is 17.4. The van der Waals surface area contributed by atoms with Crippen molar-refractivity contribution in [3.8, 4) is 0 Å². The number of aromatic carboxylic acids is 1. The number of benzene rings is 1. The van der Waals surface area contributed by atoms with E-state index in [-0.39, 0.29) is 11.9 Å². The Bertz CT molecular complexity index is 663. The van der Waals surface area contributed by atoms with Crippen LogP contribution in [0, 0.1) is 17.8 Å². The first-order chi connectivity index (χ1) is 12.1. The Morgan fingerprint density at radius 3 is 2.52 bits per heavy atom. The molecule has 1 aliphatic heterocycles. The van der Waals surface area contributed by atoms with Gasteiger partial charge in [0.1, 0.15) is 0 Å². The monoisotopic (exact) mass is 342 g/mol. The van der Waals surface area contributed by atoms with Crippen LogP contribution < -0.4 is 5.32 Å². The summed E-state index contributed by atoms with van der Waals surface area (Å²) >= 11 is 0.